The summed E-state index contributed by atoms with van der Waals surface area (Å²) in [7, 11) is -15.9. The molecule has 2 aliphatic heterocycles. The van der Waals surface area contributed by atoms with Gasteiger partial charge in [-0.3, -0.25) is 37.7 Å². The van der Waals surface area contributed by atoms with Crippen molar-refractivity contribution >= 4 is 57.7 Å². The number of nitrogens with one attached hydrogen (secondary N) is 2. The molecule has 11 atom stereocenters. The Labute approximate surface area is 305 Å². The Morgan fingerprint density at radius 2 is 1.53 bits per heavy atom. The van der Waals surface area contributed by atoms with Crippen LogP contribution >= 0.6 is 23.5 Å². The molecule has 0 spiro atoms. The number of aliphatic hydroxyl groups excluding tert-OH is 3. The number of aliphatic hydroxyl groups is 3. The third kappa shape index (κ3) is 8.49. The SMILES string of the molecule is C=CCO[C@@H]1[C@H](O)[C@@H](COP(=O)(O)OP(=O)(O)OP(=O)(O)OC[C@H]2O[C@@H](n3cnc4c(=O)[nH]c(N)nc43)[C@H](O)[C@@H]2O)O[C@H]1[n+]1cn(C)c2c(=O)[nH]c(N)nc21. The predicted molar refractivity (Wildman–Crippen MR) is 178 cm³/mol. The monoisotopic (exact) mass is 843 g/mol. The average molecular weight is 844 g/mol. The van der Waals surface area contributed by atoms with Crippen LogP contribution in [0.2, 0.25) is 0 Å². The molecule has 6 heterocycles. The van der Waals surface area contributed by atoms with Gasteiger partial charge in [0.2, 0.25) is 17.7 Å². The fraction of sp³-hybridized carbons (Fsp3) is 0.500. The standard InChI is InChI=1S/C24H33N10O18P3/c1-3-4-46-16-14(36)10(50-22(16)34-8-32(2)12-18(34)29-24(26)31-20(12)39)6-48-54(42,43)52-55(44,45)51-53(40,41)47-5-9-13(35)15(37)21(49-9)33-7-27-11-17(33)28-23(25)30-19(11)38/h3,7-10,13-16,21-22,35-37H,1,4-6H2,2H3,(H8-,25,26,28,29,30,31,38,39,40,41,42,43,44,45)/p+1/t9-,10-,13-,14-,15-,16-,21-,22-/m1/s1. The number of anilines is 2. The number of fused-ring (bicyclic) bond motifs is 2. The van der Waals surface area contributed by atoms with Crippen molar-refractivity contribution in [3.05, 3.63) is 46.0 Å². The van der Waals surface area contributed by atoms with E-state index in [-0.39, 0.29) is 40.8 Å². The van der Waals surface area contributed by atoms with Crippen molar-refractivity contribution in [1.82, 2.24) is 34.1 Å². The van der Waals surface area contributed by atoms with Crippen LogP contribution in [-0.2, 0) is 52.6 Å². The molecule has 0 radical (unpaired) electrons. The van der Waals surface area contributed by atoms with E-state index in [4.69, 9.17) is 30.2 Å². The van der Waals surface area contributed by atoms with Gasteiger partial charge < -0.3 is 55.7 Å². The van der Waals surface area contributed by atoms with Crippen LogP contribution in [0.3, 0.4) is 0 Å². The summed E-state index contributed by atoms with van der Waals surface area (Å²) in [6.07, 6.45) is -8.55. The van der Waals surface area contributed by atoms with Gasteiger partial charge in [-0.1, -0.05) is 11.1 Å². The Balaban J connectivity index is 1.07. The molecule has 2 aliphatic rings. The summed E-state index contributed by atoms with van der Waals surface area (Å²) in [6, 6.07) is 0. The molecule has 0 bridgehead atoms. The lowest BCUT2D eigenvalue weighted by molar-refractivity contribution is -0.746. The van der Waals surface area contributed by atoms with Crippen molar-refractivity contribution in [1.29, 1.82) is 0 Å². The van der Waals surface area contributed by atoms with Crippen LogP contribution in [-0.4, -0.2) is 120 Å². The lowest BCUT2D eigenvalue weighted by Gasteiger charge is -2.21. The van der Waals surface area contributed by atoms with Gasteiger partial charge in [0.15, 0.2) is 23.7 Å². The molecule has 3 unspecified atom stereocenters. The van der Waals surface area contributed by atoms with Gasteiger partial charge in [0.05, 0.1) is 33.2 Å². The molecule has 28 nitrogen and oxygen atoms in total. The van der Waals surface area contributed by atoms with Gasteiger partial charge in [0.1, 0.15) is 36.6 Å². The molecule has 4 aromatic rings. The van der Waals surface area contributed by atoms with Crippen molar-refractivity contribution in [3.8, 4) is 0 Å². The van der Waals surface area contributed by atoms with Gasteiger partial charge in [-0.25, -0.2) is 23.2 Å². The topological polar surface area (TPSA) is 407 Å². The number of nitrogens with two attached hydrogens (primary N) is 2. The van der Waals surface area contributed by atoms with E-state index in [0.29, 0.717) is 0 Å². The van der Waals surface area contributed by atoms with E-state index in [1.165, 1.54) is 28.6 Å². The van der Waals surface area contributed by atoms with Crippen LogP contribution < -0.4 is 27.2 Å². The van der Waals surface area contributed by atoms with Gasteiger partial charge in [0, 0.05) is 0 Å². The number of hydrogen-bond donors (Lipinski definition) is 10. The van der Waals surface area contributed by atoms with E-state index >= 15 is 0 Å². The lowest BCUT2D eigenvalue weighted by atomic mass is 10.1. The Morgan fingerprint density at radius 3 is 2.16 bits per heavy atom. The first-order valence-corrected chi connectivity index (χ1v) is 20.0. The minimum atomic E-state index is -6.00. The zero-order chi connectivity index (χ0) is 40.2. The molecule has 0 aromatic carbocycles. The van der Waals surface area contributed by atoms with E-state index in [2.05, 4.69) is 44.6 Å². The zero-order valence-corrected chi connectivity index (χ0v) is 30.6. The van der Waals surface area contributed by atoms with Crippen molar-refractivity contribution in [3.63, 3.8) is 0 Å². The summed E-state index contributed by atoms with van der Waals surface area (Å²) in [5.74, 6) is -0.550. The minimum absolute atomic E-state index is 0.0115. The van der Waals surface area contributed by atoms with Crippen molar-refractivity contribution in [2.45, 2.75) is 49.1 Å². The molecule has 0 amide bonds. The highest BCUT2D eigenvalue weighted by Gasteiger charge is 2.51. The second kappa shape index (κ2) is 15.3. The van der Waals surface area contributed by atoms with Crippen molar-refractivity contribution < 1.29 is 80.1 Å². The molecule has 6 rings (SSSR count). The number of phosphoric ester groups is 2. The first-order chi connectivity index (χ1) is 25.7. The molecule has 302 valence electrons. The molecule has 0 saturated carbocycles. The van der Waals surface area contributed by atoms with E-state index in [9.17, 15) is 53.3 Å². The summed E-state index contributed by atoms with van der Waals surface area (Å²) < 4.78 is 76.0. The number of rotatable bonds is 15. The molecule has 0 aliphatic carbocycles. The number of aromatic nitrogens is 8. The number of nitrogens with zero attached hydrogens (tertiary/aromatic N) is 6. The summed E-state index contributed by atoms with van der Waals surface area (Å²) in [6.45, 7) is 1.32. The highest BCUT2D eigenvalue weighted by molar-refractivity contribution is 7.66. The van der Waals surface area contributed by atoms with Crippen LogP contribution in [0.15, 0.2) is 34.9 Å². The van der Waals surface area contributed by atoms with Crippen LogP contribution in [0.1, 0.15) is 12.5 Å². The summed E-state index contributed by atoms with van der Waals surface area (Å²) >= 11 is 0. The fourth-order valence-electron chi connectivity index (χ4n) is 5.78. The summed E-state index contributed by atoms with van der Waals surface area (Å²) in [5.41, 5.74) is 9.67. The number of H-pyrrole nitrogens is 2. The van der Waals surface area contributed by atoms with E-state index in [1.54, 1.807) is 0 Å². The molecule has 55 heavy (non-hydrogen) atoms. The minimum Gasteiger partial charge on any atom is -0.387 e. The largest absolute Gasteiger partial charge is 0.490 e. The number of ether oxygens (including phenoxy) is 3. The Kier molecular flexibility index (Phi) is 11.4. The zero-order valence-electron chi connectivity index (χ0n) is 27.9. The maximum Gasteiger partial charge on any atom is 0.490 e. The number of aromatic amines is 2. The molecule has 4 aromatic heterocycles. The van der Waals surface area contributed by atoms with Gasteiger partial charge >= 0.3 is 29.1 Å². The normalized spacial score (nSPS) is 29.0. The first kappa shape index (κ1) is 40.9. The van der Waals surface area contributed by atoms with E-state index in [1.807, 2.05) is 0 Å². The molecule has 31 heteroatoms. The summed E-state index contributed by atoms with van der Waals surface area (Å²) in [4.78, 5) is 71.4. The van der Waals surface area contributed by atoms with Crippen LogP contribution in [0.5, 0.6) is 0 Å². The highest BCUT2D eigenvalue weighted by atomic mass is 31.3. The van der Waals surface area contributed by atoms with Crippen LogP contribution in [0.25, 0.3) is 22.3 Å². The Morgan fingerprint density at radius 1 is 0.927 bits per heavy atom. The number of hydrogen-bond acceptors (Lipinski definition) is 20. The van der Waals surface area contributed by atoms with Crippen LogP contribution in [0.4, 0.5) is 11.9 Å². The predicted octanol–water partition coefficient (Wildman–Crippen LogP) is -3.34. The number of imidazole rings is 2. The molecule has 2 saturated heterocycles. The average Bonchev–Trinajstić information content (AvgIpc) is 3.80. The fourth-order valence-corrected chi connectivity index (χ4v) is 9.30. The second-order valence-electron chi connectivity index (χ2n) is 11.9. The highest BCUT2D eigenvalue weighted by Crippen LogP contribution is 2.67. The maximum absolute atomic E-state index is 12.7. The Hall–Kier alpha value is -3.79. The second-order valence-corrected chi connectivity index (χ2v) is 16.5. The third-order valence-electron chi connectivity index (χ3n) is 8.06. The molecule has 12 N–H and O–H groups in total. The van der Waals surface area contributed by atoms with Crippen molar-refractivity contribution in [2.24, 2.45) is 7.05 Å². The number of phosphoric acid groups is 3. The third-order valence-corrected chi connectivity index (χ3v) is 12.3. The first-order valence-electron chi connectivity index (χ1n) is 15.5. The van der Waals surface area contributed by atoms with E-state index < -0.39 is 96.9 Å². The number of nitrogen functional groups attached to an aromatic ring is 2. The lowest BCUT2D eigenvalue weighted by Crippen LogP contribution is -2.47. The van der Waals surface area contributed by atoms with Crippen molar-refractivity contribution in [2.75, 3.05) is 31.3 Å². The Bertz CT molecular complexity index is 2370. The van der Waals surface area contributed by atoms with Crippen LogP contribution in [0, 0.1) is 0 Å². The van der Waals surface area contributed by atoms with E-state index in [0.717, 1.165) is 10.9 Å². The summed E-state index contributed by atoms with van der Waals surface area (Å²) in [5, 5.41) is 32.0. The van der Waals surface area contributed by atoms with Gasteiger partial charge in [0.25, 0.3) is 17.1 Å². The molecular weight excluding hydrogens is 809 g/mol. The number of aryl methyl sites for hydroxylation is 1. The van der Waals surface area contributed by atoms with Gasteiger partial charge in [-0.2, -0.15) is 13.6 Å². The van der Waals surface area contributed by atoms with Gasteiger partial charge in [-0.15, -0.1) is 6.58 Å². The smallest absolute Gasteiger partial charge is 0.387 e. The quantitative estimate of drug-likeness (QED) is 0.0318. The molecular formula is C24H34N10O18P3+. The van der Waals surface area contributed by atoms with Gasteiger partial charge in [-0.05, 0) is 0 Å². The molecule has 2 fully saturated rings. The maximum atomic E-state index is 12.7.